The average molecular weight is 422 g/mol. The van der Waals surface area contributed by atoms with Crippen molar-refractivity contribution in [3.63, 3.8) is 0 Å². The lowest BCUT2D eigenvalue weighted by molar-refractivity contribution is -0.137. The fourth-order valence-electron chi connectivity index (χ4n) is 4.15. The topological polar surface area (TPSA) is 100 Å². The lowest BCUT2D eigenvalue weighted by atomic mass is 10.1. The molecule has 11 heteroatoms. The molecule has 2 aliphatic heterocycles. The number of hydrogen-bond donors (Lipinski definition) is 1. The molecule has 2 atom stereocenters. The third kappa shape index (κ3) is 2.82. The largest absolute Gasteiger partial charge is 0.493 e. The number of aromatic hydroxyl groups is 1. The van der Waals surface area contributed by atoms with Gasteiger partial charge in [-0.05, 0) is 38.5 Å². The Bertz CT molecular complexity index is 1140. The summed E-state index contributed by atoms with van der Waals surface area (Å²) in [5.41, 5.74) is -2.56. The van der Waals surface area contributed by atoms with Crippen molar-refractivity contribution in [2.45, 2.75) is 44.6 Å². The van der Waals surface area contributed by atoms with Crippen molar-refractivity contribution < 1.29 is 27.8 Å². The molecule has 1 aromatic carbocycles. The number of ether oxygens (including phenoxy) is 1. The molecule has 2 unspecified atom stereocenters. The first-order valence-electron chi connectivity index (χ1n) is 9.19. The Labute approximate surface area is 168 Å². The summed E-state index contributed by atoms with van der Waals surface area (Å²) in [5, 5.41) is 19.7. The predicted molar refractivity (Wildman–Crippen MR) is 96.1 cm³/mol. The average Bonchev–Trinajstić information content (AvgIpc) is 3.31. The van der Waals surface area contributed by atoms with Gasteiger partial charge in [-0.2, -0.15) is 18.4 Å². The van der Waals surface area contributed by atoms with Crippen LogP contribution in [0.5, 0.6) is 5.88 Å². The summed E-state index contributed by atoms with van der Waals surface area (Å²) < 4.78 is 47.2. The highest BCUT2D eigenvalue weighted by Gasteiger charge is 2.50. The maximum absolute atomic E-state index is 13.3. The number of fused-ring (bicyclic) bond motifs is 5. The number of imidazole rings is 1. The zero-order valence-electron chi connectivity index (χ0n) is 16.0. The number of aromatic nitrogens is 2. The molecule has 0 spiro atoms. The van der Waals surface area contributed by atoms with Gasteiger partial charge < -0.3 is 9.84 Å². The Morgan fingerprint density at radius 3 is 2.67 bits per heavy atom. The molecule has 3 heterocycles. The molecule has 0 aliphatic carbocycles. The van der Waals surface area contributed by atoms with Crippen LogP contribution in [0.25, 0.3) is 5.69 Å². The molecular formula is C19H17F3N4O4. The molecule has 4 rings (SSSR count). The number of nitrogens with zero attached hydrogens (tertiary/aromatic N) is 4. The lowest BCUT2D eigenvalue weighted by Crippen LogP contribution is -2.38. The fraction of sp³-hybridized carbons (Fsp3) is 0.421. The number of likely N-dealkylation sites (tertiary alicyclic amines) is 1. The van der Waals surface area contributed by atoms with E-state index in [0.29, 0.717) is 12.5 Å². The van der Waals surface area contributed by atoms with Crippen molar-refractivity contribution in [3.05, 3.63) is 45.5 Å². The summed E-state index contributed by atoms with van der Waals surface area (Å²) in [4.78, 5) is 26.7. The molecule has 1 saturated heterocycles. The van der Waals surface area contributed by atoms with E-state index < -0.39 is 47.0 Å². The number of amides is 1. The molecular weight excluding hydrogens is 405 g/mol. The molecule has 2 aliphatic rings. The van der Waals surface area contributed by atoms with Crippen LogP contribution in [-0.4, -0.2) is 37.9 Å². The molecule has 8 nitrogen and oxygen atoms in total. The quantitative estimate of drug-likeness (QED) is 0.802. The first-order valence-corrected chi connectivity index (χ1v) is 9.19. The van der Waals surface area contributed by atoms with Gasteiger partial charge in [-0.15, -0.1) is 0 Å². The predicted octanol–water partition coefficient (Wildman–Crippen LogP) is 3.08. The van der Waals surface area contributed by atoms with Crippen molar-refractivity contribution in [3.8, 4) is 17.6 Å². The minimum atomic E-state index is -4.81. The Hall–Kier alpha value is -3.42. The van der Waals surface area contributed by atoms with Crippen molar-refractivity contribution in [1.82, 2.24) is 14.0 Å². The van der Waals surface area contributed by atoms with Crippen LogP contribution in [0.1, 0.15) is 49.2 Å². The molecule has 1 N–H and O–H groups in total. The number of alkyl halides is 3. The highest BCUT2D eigenvalue weighted by atomic mass is 19.4. The molecule has 0 saturated carbocycles. The zero-order chi connectivity index (χ0) is 22.0. The summed E-state index contributed by atoms with van der Waals surface area (Å²) in [6.07, 6.45) is -5.33. The maximum atomic E-state index is 13.3. The molecule has 1 aromatic heterocycles. The van der Waals surface area contributed by atoms with Gasteiger partial charge in [0.05, 0.1) is 41.1 Å². The van der Waals surface area contributed by atoms with Crippen molar-refractivity contribution in [2.75, 3.05) is 6.54 Å². The second-order valence-corrected chi connectivity index (χ2v) is 7.53. The van der Waals surface area contributed by atoms with E-state index in [4.69, 9.17) is 10.00 Å². The maximum Gasteiger partial charge on any atom is 0.417 e. The molecule has 30 heavy (non-hydrogen) atoms. The van der Waals surface area contributed by atoms with E-state index >= 15 is 0 Å². The van der Waals surface area contributed by atoms with E-state index in [1.807, 2.05) is 0 Å². The fourth-order valence-corrected chi connectivity index (χ4v) is 4.15. The molecule has 158 valence electrons. The van der Waals surface area contributed by atoms with Gasteiger partial charge in [0.1, 0.15) is 5.69 Å². The second kappa shape index (κ2) is 6.55. The molecule has 1 fully saturated rings. The Morgan fingerprint density at radius 2 is 2.07 bits per heavy atom. The minimum absolute atomic E-state index is 0.162. The van der Waals surface area contributed by atoms with Gasteiger partial charge in [0.2, 0.25) is 5.88 Å². The van der Waals surface area contributed by atoms with Crippen LogP contribution >= 0.6 is 0 Å². The van der Waals surface area contributed by atoms with Crippen LogP contribution in [-0.2, 0) is 10.9 Å². The Balaban J connectivity index is 1.80. The van der Waals surface area contributed by atoms with Crippen molar-refractivity contribution in [2.24, 2.45) is 0 Å². The van der Waals surface area contributed by atoms with Gasteiger partial charge in [0, 0.05) is 6.54 Å². The SMILES string of the molecule is CC(C)OC(=O)N1CC2CC1c1c(O)n(-c3ccc(C#N)c(C(F)(F)F)c3)c(=O)n12. The number of hydrogen-bond acceptors (Lipinski definition) is 5. The molecule has 1 amide bonds. The Morgan fingerprint density at radius 1 is 1.37 bits per heavy atom. The number of rotatable bonds is 2. The molecule has 2 aromatic rings. The third-order valence-corrected chi connectivity index (χ3v) is 5.32. The number of nitriles is 1. The smallest absolute Gasteiger partial charge is 0.417 e. The van der Waals surface area contributed by atoms with E-state index in [1.165, 1.54) is 15.5 Å². The number of carbonyl (C=O) groups is 1. The van der Waals surface area contributed by atoms with E-state index in [0.717, 1.165) is 16.7 Å². The summed E-state index contributed by atoms with van der Waals surface area (Å²) >= 11 is 0. The number of carbonyl (C=O) groups excluding carboxylic acids is 1. The van der Waals surface area contributed by atoms with E-state index in [2.05, 4.69) is 0 Å². The van der Waals surface area contributed by atoms with Crippen LogP contribution in [0.4, 0.5) is 18.0 Å². The van der Waals surface area contributed by atoms with Gasteiger partial charge in [0.25, 0.3) is 0 Å². The van der Waals surface area contributed by atoms with Gasteiger partial charge in [0.15, 0.2) is 0 Å². The van der Waals surface area contributed by atoms with Gasteiger partial charge in [-0.3, -0.25) is 9.47 Å². The molecule has 0 radical (unpaired) electrons. The summed E-state index contributed by atoms with van der Waals surface area (Å²) in [6.45, 7) is 3.59. The van der Waals surface area contributed by atoms with Crippen LogP contribution in [0.3, 0.4) is 0 Å². The first-order chi connectivity index (χ1) is 14.0. The van der Waals surface area contributed by atoms with E-state index in [-0.39, 0.29) is 24.0 Å². The van der Waals surface area contributed by atoms with Crippen LogP contribution in [0.15, 0.2) is 23.0 Å². The zero-order valence-corrected chi connectivity index (χ0v) is 16.0. The van der Waals surface area contributed by atoms with Gasteiger partial charge in [-0.1, -0.05) is 0 Å². The van der Waals surface area contributed by atoms with E-state index in [1.54, 1.807) is 13.8 Å². The third-order valence-electron chi connectivity index (χ3n) is 5.32. The van der Waals surface area contributed by atoms with Crippen LogP contribution < -0.4 is 5.69 Å². The lowest BCUT2D eigenvalue weighted by Gasteiger charge is -2.27. The van der Waals surface area contributed by atoms with E-state index in [9.17, 15) is 27.9 Å². The van der Waals surface area contributed by atoms with Crippen molar-refractivity contribution in [1.29, 1.82) is 5.26 Å². The molecule has 2 bridgehead atoms. The Kier molecular flexibility index (Phi) is 4.34. The summed E-state index contributed by atoms with van der Waals surface area (Å²) in [6, 6.07) is 3.22. The normalized spacial score (nSPS) is 19.8. The van der Waals surface area contributed by atoms with Crippen LogP contribution in [0, 0.1) is 11.3 Å². The summed E-state index contributed by atoms with van der Waals surface area (Å²) in [5.74, 6) is -0.535. The standard InChI is InChI=1S/C19H17F3N4O4/c1-9(2)30-18(29)24-8-12-6-14(24)15-16(27)26(17(28)25(12)15)11-4-3-10(7-23)13(5-11)19(20,21)22/h3-5,9,12,14,27H,6,8H2,1-2H3. The minimum Gasteiger partial charge on any atom is -0.493 e. The van der Waals surface area contributed by atoms with Gasteiger partial charge in [-0.25, -0.2) is 14.2 Å². The van der Waals surface area contributed by atoms with Crippen molar-refractivity contribution >= 4 is 6.09 Å². The highest BCUT2D eigenvalue weighted by Crippen LogP contribution is 2.49. The first kappa shape index (κ1) is 19.9. The number of benzene rings is 1. The number of halogens is 3. The monoisotopic (exact) mass is 422 g/mol. The van der Waals surface area contributed by atoms with Gasteiger partial charge >= 0.3 is 18.0 Å². The summed E-state index contributed by atoms with van der Waals surface area (Å²) in [7, 11) is 0. The highest BCUT2D eigenvalue weighted by molar-refractivity contribution is 5.70. The second-order valence-electron chi connectivity index (χ2n) is 7.53. The van der Waals surface area contributed by atoms with Crippen LogP contribution in [0.2, 0.25) is 0 Å².